The highest BCUT2D eigenvalue weighted by Gasteiger charge is 2.46. The van der Waals surface area contributed by atoms with E-state index in [1.165, 1.54) is 0 Å². The molecular weight excluding hydrogens is 216 g/mol. The number of nitrogens with zero attached hydrogens (tertiary/aromatic N) is 2. The number of carbonyl (C=O) groups is 2. The summed E-state index contributed by atoms with van der Waals surface area (Å²) < 4.78 is 0. The molecule has 4 heteroatoms. The molecule has 2 unspecified atom stereocenters. The Bertz CT molecular complexity index is 327. The van der Waals surface area contributed by atoms with Crippen molar-refractivity contribution in [3.63, 3.8) is 0 Å². The predicted molar refractivity (Wildman–Crippen MR) is 65.4 cm³/mol. The highest BCUT2D eigenvalue weighted by Crippen LogP contribution is 2.28. The summed E-state index contributed by atoms with van der Waals surface area (Å²) in [6.07, 6.45) is 3.65. The van der Waals surface area contributed by atoms with Gasteiger partial charge >= 0.3 is 0 Å². The fraction of sp³-hybridized carbons (Fsp3) is 0.846. The molecule has 0 bridgehead atoms. The fourth-order valence-corrected chi connectivity index (χ4v) is 3.07. The Labute approximate surface area is 103 Å². The average molecular weight is 238 g/mol. The van der Waals surface area contributed by atoms with Gasteiger partial charge in [-0.05, 0) is 39.5 Å². The number of amides is 2. The van der Waals surface area contributed by atoms with Crippen molar-refractivity contribution < 1.29 is 9.59 Å². The standard InChI is InChI=1S/C13H22N2O2/c1-4-10-12(16)14-8-6-5-7-11(14)13(17)15(10)9(2)3/h9-11H,4-8H2,1-3H3. The molecule has 2 rings (SSSR count). The lowest BCUT2D eigenvalue weighted by atomic mass is 9.93. The largest absolute Gasteiger partial charge is 0.329 e. The van der Waals surface area contributed by atoms with E-state index >= 15 is 0 Å². The van der Waals surface area contributed by atoms with Crippen molar-refractivity contribution >= 4 is 11.8 Å². The van der Waals surface area contributed by atoms with Crippen LogP contribution in [0.4, 0.5) is 0 Å². The van der Waals surface area contributed by atoms with Crippen LogP contribution in [0.1, 0.15) is 46.5 Å². The normalized spacial score (nSPS) is 29.9. The van der Waals surface area contributed by atoms with Gasteiger partial charge in [0.25, 0.3) is 0 Å². The van der Waals surface area contributed by atoms with Crippen molar-refractivity contribution in [2.45, 2.75) is 64.6 Å². The van der Waals surface area contributed by atoms with Crippen molar-refractivity contribution in [3.8, 4) is 0 Å². The molecule has 0 spiro atoms. The topological polar surface area (TPSA) is 40.6 Å². The van der Waals surface area contributed by atoms with E-state index in [0.29, 0.717) is 6.42 Å². The van der Waals surface area contributed by atoms with Crippen LogP contribution in [0.2, 0.25) is 0 Å². The van der Waals surface area contributed by atoms with Crippen LogP contribution in [0.5, 0.6) is 0 Å². The zero-order chi connectivity index (χ0) is 12.6. The van der Waals surface area contributed by atoms with Crippen molar-refractivity contribution in [1.82, 2.24) is 9.80 Å². The summed E-state index contributed by atoms with van der Waals surface area (Å²) >= 11 is 0. The van der Waals surface area contributed by atoms with Gasteiger partial charge in [-0.25, -0.2) is 0 Å². The molecule has 0 N–H and O–H groups in total. The number of piperidine rings is 1. The van der Waals surface area contributed by atoms with Crippen LogP contribution >= 0.6 is 0 Å². The molecule has 4 nitrogen and oxygen atoms in total. The van der Waals surface area contributed by atoms with Gasteiger partial charge in [-0.2, -0.15) is 0 Å². The predicted octanol–water partition coefficient (Wildman–Crippen LogP) is 1.40. The van der Waals surface area contributed by atoms with Gasteiger partial charge in [-0.15, -0.1) is 0 Å². The van der Waals surface area contributed by atoms with Gasteiger partial charge < -0.3 is 9.80 Å². The lowest BCUT2D eigenvalue weighted by Gasteiger charge is -2.48. The third kappa shape index (κ3) is 1.94. The van der Waals surface area contributed by atoms with Gasteiger partial charge in [0.05, 0.1) is 0 Å². The summed E-state index contributed by atoms with van der Waals surface area (Å²) in [5, 5.41) is 0. The molecule has 96 valence electrons. The second-order valence-electron chi connectivity index (χ2n) is 5.31. The van der Waals surface area contributed by atoms with Crippen LogP contribution in [0, 0.1) is 0 Å². The van der Waals surface area contributed by atoms with E-state index in [1.807, 2.05) is 25.7 Å². The first-order valence-electron chi connectivity index (χ1n) is 6.70. The van der Waals surface area contributed by atoms with E-state index in [1.54, 1.807) is 4.90 Å². The summed E-state index contributed by atoms with van der Waals surface area (Å²) in [5.74, 6) is 0.316. The molecule has 2 saturated heterocycles. The number of fused-ring (bicyclic) bond motifs is 1. The van der Waals surface area contributed by atoms with Crippen LogP contribution in [-0.2, 0) is 9.59 Å². The van der Waals surface area contributed by atoms with Gasteiger partial charge in [-0.3, -0.25) is 9.59 Å². The molecule has 2 amide bonds. The first kappa shape index (κ1) is 12.4. The minimum atomic E-state index is -0.239. The Hall–Kier alpha value is -1.06. The lowest BCUT2D eigenvalue weighted by molar-refractivity contribution is -0.165. The van der Waals surface area contributed by atoms with Crippen LogP contribution in [0.25, 0.3) is 0 Å². The third-order valence-corrected chi connectivity index (χ3v) is 3.89. The van der Waals surface area contributed by atoms with Crippen molar-refractivity contribution in [2.24, 2.45) is 0 Å². The first-order valence-corrected chi connectivity index (χ1v) is 6.70. The Morgan fingerprint density at radius 2 is 1.94 bits per heavy atom. The molecule has 2 fully saturated rings. The fourth-order valence-electron chi connectivity index (χ4n) is 3.07. The summed E-state index contributed by atoms with van der Waals surface area (Å²) in [4.78, 5) is 28.5. The molecule has 2 heterocycles. The molecule has 0 aliphatic carbocycles. The van der Waals surface area contributed by atoms with Crippen LogP contribution in [-0.4, -0.2) is 46.3 Å². The minimum Gasteiger partial charge on any atom is -0.329 e. The molecule has 0 aromatic carbocycles. The van der Waals surface area contributed by atoms with E-state index in [0.717, 1.165) is 25.8 Å². The highest BCUT2D eigenvalue weighted by atomic mass is 16.2. The van der Waals surface area contributed by atoms with E-state index in [9.17, 15) is 9.59 Å². The third-order valence-electron chi connectivity index (χ3n) is 3.89. The first-order chi connectivity index (χ1) is 8.07. The maximum atomic E-state index is 12.4. The average Bonchev–Trinajstić information content (AvgIpc) is 2.33. The van der Waals surface area contributed by atoms with Gasteiger partial charge in [0.2, 0.25) is 11.8 Å². The minimum absolute atomic E-state index is 0.112. The number of carbonyl (C=O) groups excluding carboxylic acids is 2. The molecule has 0 aromatic rings. The maximum Gasteiger partial charge on any atom is 0.246 e. The molecular formula is C13H22N2O2. The van der Waals surface area contributed by atoms with Crippen LogP contribution < -0.4 is 0 Å². The summed E-state index contributed by atoms with van der Waals surface area (Å²) in [7, 11) is 0. The van der Waals surface area contributed by atoms with E-state index < -0.39 is 0 Å². The number of rotatable bonds is 2. The second-order valence-corrected chi connectivity index (χ2v) is 5.31. The smallest absolute Gasteiger partial charge is 0.246 e. The van der Waals surface area contributed by atoms with Gasteiger partial charge in [0, 0.05) is 12.6 Å². The van der Waals surface area contributed by atoms with E-state index in [2.05, 4.69) is 0 Å². The van der Waals surface area contributed by atoms with Crippen molar-refractivity contribution in [1.29, 1.82) is 0 Å². The molecule has 17 heavy (non-hydrogen) atoms. The van der Waals surface area contributed by atoms with Crippen LogP contribution in [0.15, 0.2) is 0 Å². The van der Waals surface area contributed by atoms with Crippen molar-refractivity contribution in [3.05, 3.63) is 0 Å². The van der Waals surface area contributed by atoms with Gasteiger partial charge in [-0.1, -0.05) is 6.92 Å². The zero-order valence-electron chi connectivity index (χ0n) is 11.0. The van der Waals surface area contributed by atoms with Crippen molar-refractivity contribution in [2.75, 3.05) is 6.54 Å². The molecule has 0 radical (unpaired) electrons. The maximum absolute atomic E-state index is 12.4. The molecule has 2 aliphatic heterocycles. The Kier molecular flexibility index (Phi) is 3.40. The Balaban J connectivity index is 2.30. The number of piperazine rings is 1. The monoisotopic (exact) mass is 238 g/mol. The Morgan fingerprint density at radius 1 is 1.24 bits per heavy atom. The Morgan fingerprint density at radius 3 is 2.53 bits per heavy atom. The molecule has 0 aromatic heterocycles. The number of hydrogen-bond acceptors (Lipinski definition) is 2. The summed E-state index contributed by atoms with van der Waals surface area (Å²) in [6.45, 7) is 6.73. The summed E-state index contributed by atoms with van der Waals surface area (Å²) in [6, 6.07) is -0.307. The van der Waals surface area contributed by atoms with Crippen LogP contribution in [0.3, 0.4) is 0 Å². The lowest BCUT2D eigenvalue weighted by Crippen LogP contribution is -2.66. The molecule has 0 saturated carbocycles. The van der Waals surface area contributed by atoms with Gasteiger partial charge in [0.15, 0.2) is 0 Å². The van der Waals surface area contributed by atoms with E-state index in [-0.39, 0.29) is 29.9 Å². The highest BCUT2D eigenvalue weighted by molar-refractivity contribution is 5.97. The van der Waals surface area contributed by atoms with E-state index in [4.69, 9.17) is 0 Å². The quantitative estimate of drug-likeness (QED) is 0.729. The van der Waals surface area contributed by atoms with Gasteiger partial charge in [0.1, 0.15) is 12.1 Å². The zero-order valence-corrected chi connectivity index (χ0v) is 11.0. The number of hydrogen-bond donors (Lipinski definition) is 0. The second kappa shape index (κ2) is 4.67. The molecule has 2 atom stereocenters. The summed E-state index contributed by atoms with van der Waals surface area (Å²) in [5.41, 5.74) is 0. The molecule has 2 aliphatic rings. The SMILES string of the molecule is CCC1C(=O)N2CCCCC2C(=O)N1C(C)C.